The van der Waals surface area contributed by atoms with Crippen LogP contribution in [0.5, 0.6) is 0 Å². The highest BCUT2D eigenvalue weighted by molar-refractivity contribution is 8.16. The van der Waals surface area contributed by atoms with Gasteiger partial charge in [-0.05, 0) is 48.9 Å². The highest BCUT2D eigenvalue weighted by atomic mass is 32.2. The van der Waals surface area contributed by atoms with Crippen molar-refractivity contribution in [3.8, 4) is 0 Å². The number of benzene rings is 1. The zero-order valence-corrected chi connectivity index (χ0v) is 17.5. The van der Waals surface area contributed by atoms with E-state index in [0.29, 0.717) is 6.42 Å². The average molecular weight is 415 g/mol. The summed E-state index contributed by atoms with van der Waals surface area (Å²) in [6, 6.07) is 6.84. The van der Waals surface area contributed by atoms with Gasteiger partial charge < -0.3 is 9.80 Å². The number of carbonyl (C=O) groups excluding carboxylic acids is 1. The van der Waals surface area contributed by atoms with Crippen molar-refractivity contribution in [2.45, 2.75) is 32.2 Å². The molecule has 5 nitrogen and oxygen atoms in total. The number of fused-ring (bicyclic) bond motifs is 1. The number of nitrogens with zero attached hydrogens (tertiary/aromatic N) is 4. The average Bonchev–Trinajstić information content (AvgIpc) is 3.42. The van der Waals surface area contributed by atoms with E-state index in [1.54, 1.807) is 11.8 Å². The molecule has 0 bridgehead atoms. The molecule has 2 saturated heterocycles. The molecule has 5 rings (SSSR count). The summed E-state index contributed by atoms with van der Waals surface area (Å²) in [5, 5.41) is 3.14. The zero-order chi connectivity index (χ0) is 19.8. The molecule has 1 spiro atoms. The van der Waals surface area contributed by atoms with E-state index in [1.807, 2.05) is 12.1 Å². The molecule has 0 unspecified atom stereocenters. The van der Waals surface area contributed by atoms with Crippen LogP contribution in [-0.2, 0) is 11.3 Å². The molecule has 4 heterocycles. The van der Waals surface area contributed by atoms with Crippen molar-refractivity contribution in [1.29, 1.82) is 0 Å². The van der Waals surface area contributed by atoms with Crippen molar-refractivity contribution in [1.82, 2.24) is 14.7 Å². The molecule has 0 N–H and O–H groups in total. The molecule has 2 fully saturated rings. The number of amidine groups is 1. The second-order valence-corrected chi connectivity index (χ2v) is 9.56. The molecule has 0 aliphatic carbocycles. The second-order valence-electron chi connectivity index (χ2n) is 8.73. The number of thioether (sulfide) groups is 1. The zero-order valence-electron chi connectivity index (χ0n) is 16.6. The van der Waals surface area contributed by atoms with Crippen LogP contribution in [-0.4, -0.2) is 65.0 Å². The lowest BCUT2D eigenvalue weighted by atomic mass is 9.79. The van der Waals surface area contributed by atoms with Crippen LogP contribution in [0.25, 0.3) is 0 Å². The largest absolute Gasteiger partial charge is 0.342 e. The van der Waals surface area contributed by atoms with E-state index < -0.39 is 0 Å². The standard InChI is InChI=1S/C22H27FN4OS/c23-18-4-2-17(3-5-18)13-25-9-1-6-22(15-25)7-10-26(16-22)20(28)12-19-14-29-21-24-8-11-27(19)21/h2-5,14H,1,6-13,15-16H2/t22-/m1/s1. The predicted octanol–water partition coefficient (Wildman–Crippen LogP) is 3.29. The highest BCUT2D eigenvalue weighted by Gasteiger charge is 2.43. The first-order chi connectivity index (χ1) is 14.1. The quantitative estimate of drug-likeness (QED) is 0.758. The van der Waals surface area contributed by atoms with E-state index >= 15 is 0 Å². The maximum absolute atomic E-state index is 13.2. The minimum absolute atomic E-state index is 0.183. The van der Waals surface area contributed by atoms with Crippen molar-refractivity contribution < 1.29 is 9.18 Å². The van der Waals surface area contributed by atoms with Gasteiger partial charge in [-0.3, -0.25) is 14.7 Å². The van der Waals surface area contributed by atoms with E-state index in [-0.39, 0.29) is 17.1 Å². The van der Waals surface area contributed by atoms with Gasteiger partial charge in [-0.1, -0.05) is 23.9 Å². The summed E-state index contributed by atoms with van der Waals surface area (Å²) >= 11 is 1.64. The third kappa shape index (κ3) is 3.94. The number of hydrogen-bond donors (Lipinski definition) is 0. The Bertz CT molecular complexity index is 855. The van der Waals surface area contributed by atoms with Gasteiger partial charge in [0.25, 0.3) is 0 Å². The predicted molar refractivity (Wildman–Crippen MR) is 114 cm³/mol. The van der Waals surface area contributed by atoms with Crippen LogP contribution in [0, 0.1) is 11.2 Å². The van der Waals surface area contributed by atoms with Crippen LogP contribution in [0.2, 0.25) is 0 Å². The monoisotopic (exact) mass is 414 g/mol. The summed E-state index contributed by atoms with van der Waals surface area (Å²) in [6.07, 6.45) is 3.93. The van der Waals surface area contributed by atoms with Crippen molar-refractivity contribution >= 4 is 22.8 Å². The lowest BCUT2D eigenvalue weighted by Gasteiger charge is -2.40. The number of carbonyl (C=O) groups is 1. The van der Waals surface area contributed by atoms with Crippen molar-refractivity contribution in [3.05, 3.63) is 46.8 Å². The molecule has 4 aliphatic rings. The van der Waals surface area contributed by atoms with Crippen molar-refractivity contribution in [3.63, 3.8) is 0 Å². The van der Waals surface area contributed by atoms with Gasteiger partial charge in [0.15, 0.2) is 5.17 Å². The van der Waals surface area contributed by atoms with E-state index in [0.717, 1.165) is 68.7 Å². The lowest BCUT2D eigenvalue weighted by molar-refractivity contribution is -0.130. The van der Waals surface area contributed by atoms with Crippen LogP contribution in [0.4, 0.5) is 4.39 Å². The Morgan fingerprint density at radius 1 is 1.14 bits per heavy atom. The van der Waals surface area contributed by atoms with Gasteiger partial charge in [-0.15, -0.1) is 0 Å². The van der Waals surface area contributed by atoms with E-state index in [4.69, 9.17) is 0 Å². The van der Waals surface area contributed by atoms with Gasteiger partial charge in [0.05, 0.1) is 13.0 Å². The van der Waals surface area contributed by atoms with Gasteiger partial charge in [-0.25, -0.2) is 4.39 Å². The normalized spacial score (nSPS) is 26.8. The minimum atomic E-state index is -0.183. The van der Waals surface area contributed by atoms with Crippen LogP contribution in [0.3, 0.4) is 0 Å². The molecular weight excluding hydrogens is 387 g/mol. The Morgan fingerprint density at radius 3 is 2.86 bits per heavy atom. The number of hydrogen-bond acceptors (Lipinski definition) is 5. The third-order valence-corrected chi connectivity index (χ3v) is 7.58. The fraction of sp³-hybridized carbons (Fsp3) is 0.545. The maximum Gasteiger partial charge on any atom is 0.228 e. The number of likely N-dealkylation sites (tertiary alicyclic amines) is 2. The number of aliphatic imine (C=N–C) groups is 1. The first-order valence-corrected chi connectivity index (χ1v) is 11.4. The molecule has 1 atom stereocenters. The van der Waals surface area contributed by atoms with Crippen LogP contribution >= 0.6 is 11.8 Å². The van der Waals surface area contributed by atoms with Gasteiger partial charge in [0.1, 0.15) is 5.82 Å². The Labute approximate surface area is 175 Å². The van der Waals surface area contributed by atoms with Crippen LogP contribution in [0.15, 0.2) is 40.4 Å². The fourth-order valence-corrected chi connectivity index (χ4v) is 6.11. The number of piperidine rings is 1. The second kappa shape index (κ2) is 7.76. The SMILES string of the molecule is O=C(CC1=CSC2=NCCN12)N1CC[C@@]2(CCCN(Cc3ccc(F)cc3)C2)C1. The van der Waals surface area contributed by atoms with Gasteiger partial charge >= 0.3 is 0 Å². The molecule has 1 aromatic carbocycles. The summed E-state index contributed by atoms with van der Waals surface area (Å²) in [6.45, 7) is 6.44. The van der Waals surface area contributed by atoms with E-state index in [1.165, 1.54) is 25.0 Å². The summed E-state index contributed by atoms with van der Waals surface area (Å²) < 4.78 is 13.2. The molecule has 0 radical (unpaired) electrons. The first kappa shape index (κ1) is 19.1. The number of amides is 1. The molecule has 29 heavy (non-hydrogen) atoms. The number of halogens is 1. The maximum atomic E-state index is 13.2. The molecule has 1 amide bonds. The first-order valence-electron chi connectivity index (χ1n) is 10.5. The Morgan fingerprint density at radius 2 is 2.00 bits per heavy atom. The smallest absolute Gasteiger partial charge is 0.228 e. The molecule has 4 aliphatic heterocycles. The summed E-state index contributed by atoms with van der Waals surface area (Å²) in [4.78, 5) is 24.2. The highest BCUT2D eigenvalue weighted by Crippen LogP contribution is 2.40. The third-order valence-electron chi connectivity index (χ3n) is 6.63. The Hall–Kier alpha value is -1.86. The van der Waals surface area contributed by atoms with Crippen LogP contribution in [0.1, 0.15) is 31.2 Å². The van der Waals surface area contributed by atoms with Crippen LogP contribution < -0.4 is 0 Å². The van der Waals surface area contributed by atoms with Crippen molar-refractivity contribution in [2.75, 3.05) is 39.3 Å². The molecule has 7 heteroatoms. The topological polar surface area (TPSA) is 39.2 Å². The van der Waals surface area contributed by atoms with Gasteiger partial charge in [0.2, 0.25) is 5.91 Å². The minimum Gasteiger partial charge on any atom is -0.342 e. The molecular formula is C22H27FN4OS. The Balaban J connectivity index is 1.18. The fourth-order valence-electron chi connectivity index (χ4n) is 5.16. The molecule has 154 valence electrons. The lowest BCUT2D eigenvalue weighted by Crippen LogP contribution is -2.45. The Kier molecular flexibility index (Phi) is 5.12. The van der Waals surface area contributed by atoms with Crippen molar-refractivity contribution in [2.24, 2.45) is 10.4 Å². The number of rotatable bonds is 4. The van der Waals surface area contributed by atoms with E-state index in [9.17, 15) is 9.18 Å². The molecule has 0 aromatic heterocycles. The van der Waals surface area contributed by atoms with Gasteiger partial charge in [-0.2, -0.15) is 0 Å². The molecule has 0 saturated carbocycles. The van der Waals surface area contributed by atoms with Gasteiger partial charge in [0, 0.05) is 43.8 Å². The molecule has 1 aromatic rings. The summed E-state index contributed by atoms with van der Waals surface area (Å²) in [7, 11) is 0. The van der Waals surface area contributed by atoms with E-state index in [2.05, 4.69) is 25.1 Å². The summed E-state index contributed by atoms with van der Waals surface area (Å²) in [5.41, 5.74) is 2.48. The summed E-state index contributed by atoms with van der Waals surface area (Å²) in [5.74, 6) is 0.0643.